The quantitative estimate of drug-likeness (QED) is 0.733. The van der Waals surface area contributed by atoms with Gasteiger partial charge in [-0.25, -0.2) is 0 Å². The highest BCUT2D eigenvalue weighted by Crippen LogP contribution is 2.26. The van der Waals surface area contributed by atoms with Crippen LogP contribution in [0.25, 0.3) is 6.08 Å². The summed E-state index contributed by atoms with van der Waals surface area (Å²) in [6.45, 7) is 4.03. The van der Waals surface area contributed by atoms with Gasteiger partial charge < -0.3 is 5.32 Å². The Kier molecular flexibility index (Phi) is 5.64. The third kappa shape index (κ3) is 3.90. The number of hydrogen-bond donors (Lipinski definition) is 1. The van der Waals surface area contributed by atoms with Gasteiger partial charge in [0.1, 0.15) is 0 Å². The monoisotopic (exact) mass is 333 g/mol. The van der Waals surface area contributed by atoms with Crippen LogP contribution >= 0.6 is 23.2 Å². The highest BCUT2D eigenvalue weighted by Gasteiger charge is 2.07. The molecular formula is C18H17Cl2NO. The second-order valence-electron chi connectivity index (χ2n) is 4.92. The van der Waals surface area contributed by atoms with Crippen LogP contribution in [-0.4, -0.2) is 5.91 Å². The molecule has 0 unspecified atom stereocenters. The Balaban J connectivity index is 2.19. The lowest BCUT2D eigenvalue weighted by Crippen LogP contribution is -2.11. The lowest BCUT2D eigenvalue weighted by atomic mass is 10.1. The summed E-state index contributed by atoms with van der Waals surface area (Å²) < 4.78 is 0. The minimum atomic E-state index is -0.208. The summed E-state index contributed by atoms with van der Waals surface area (Å²) >= 11 is 12.2. The first-order valence-electron chi connectivity index (χ1n) is 7.04. The molecule has 0 aliphatic rings. The number of nitrogens with one attached hydrogen (secondary N) is 1. The Hall–Kier alpha value is -1.77. The third-order valence-corrected chi connectivity index (χ3v) is 4.05. The summed E-state index contributed by atoms with van der Waals surface area (Å²) in [6.07, 6.45) is 3.93. The van der Waals surface area contributed by atoms with E-state index < -0.39 is 0 Å². The molecule has 0 heterocycles. The first kappa shape index (κ1) is 16.6. The zero-order chi connectivity index (χ0) is 16.1. The number of halogens is 2. The Morgan fingerprint density at radius 3 is 2.41 bits per heavy atom. The molecule has 1 amide bonds. The summed E-state index contributed by atoms with van der Waals surface area (Å²) in [5.74, 6) is -0.208. The number of anilines is 1. The smallest absolute Gasteiger partial charge is 0.248 e. The van der Waals surface area contributed by atoms with Crippen molar-refractivity contribution in [3.63, 3.8) is 0 Å². The van der Waals surface area contributed by atoms with Crippen molar-refractivity contribution in [2.45, 2.75) is 20.3 Å². The van der Waals surface area contributed by atoms with E-state index in [1.807, 2.05) is 25.1 Å². The second kappa shape index (κ2) is 7.48. The standard InChI is InChI=1S/C18H17Cl2NO/c1-3-13-7-4-6-12(2)18(13)21-17(22)11-10-14-15(19)8-5-9-16(14)20/h4-11H,3H2,1-2H3,(H,21,22)/b11-10+. The van der Waals surface area contributed by atoms with Crippen molar-refractivity contribution >= 4 is 40.9 Å². The highest BCUT2D eigenvalue weighted by atomic mass is 35.5. The van der Waals surface area contributed by atoms with Crippen LogP contribution in [0.1, 0.15) is 23.6 Å². The van der Waals surface area contributed by atoms with Crippen LogP contribution in [0.2, 0.25) is 10.0 Å². The first-order chi connectivity index (χ1) is 10.5. The topological polar surface area (TPSA) is 29.1 Å². The van der Waals surface area contributed by atoms with Gasteiger partial charge in [0.2, 0.25) is 5.91 Å². The van der Waals surface area contributed by atoms with Crippen LogP contribution in [0, 0.1) is 6.92 Å². The molecule has 2 nitrogen and oxygen atoms in total. The molecule has 0 aromatic heterocycles. The molecule has 114 valence electrons. The molecule has 22 heavy (non-hydrogen) atoms. The lowest BCUT2D eigenvalue weighted by Gasteiger charge is -2.11. The molecule has 0 aliphatic heterocycles. The van der Waals surface area contributed by atoms with Gasteiger partial charge in [0.15, 0.2) is 0 Å². The van der Waals surface area contributed by atoms with Crippen LogP contribution in [0.3, 0.4) is 0 Å². The molecule has 4 heteroatoms. The maximum atomic E-state index is 12.1. The molecule has 0 bridgehead atoms. The second-order valence-corrected chi connectivity index (χ2v) is 5.73. The summed E-state index contributed by atoms with van der Waals surface area (Å²) in [7, 11) is 0. The molecule has 0 spiro atoms. The predicted molar refractivity (Wildman–Crippen MR) is 94.7 cm³/mol. The van der Waals surface area contributed by atoms with E-state index in [1.165, 1.54) is 6.08 Å². The fraction of sp³-hybridized carbons (Fsp3) is 0.167. The van der Waals surface area contributed by atoms with E-state index in [1.54, 1.807) is 24.3 Å². The van der Waals surface area contributed by atoms with Crippen molar-refractivity contribution in [1.82, 2.24) is 0 Å². The van der Waals surface area contributed by atoms with E-state index in [0.717, 1.165) is 23.2 Å². The van der Waals surface area contributed by atoms with Gasteiger partial charge >= 0.3 is 0 Å². The van der Waals surface area contributed by atoms with Crippen molar-refractivity contribution < 1.29 is 4.79 Å². The summed E-state index contributed by atoms with van der Waals surface area (Å²) in [5.41, 5.74) is 3.65. The fourth-order valence-corrected chi connectivity index (χ4v) is 2.72. The molecule has 0 atom stereocenters. The van der Waals surface area contributed by atoms with E-state index in [2.05, 4.69) is 12.2 Å². The summed E-state index contributed by atoms with van der Waals surface area (Å²) in [4.78, 5) is 12.1. The van der Waals surface area contributed by atoms with Crippen LogP contribution < -0.4 is 5.32 Å². The number of carbonyl (C=O) groups is 1. The molecule has 0 fully saturated rings. The van der Waals surface area contributed by atoms with Crippen LogP contribution in [0.5, 0.6) is 0 Å². The van der Waals surface area contributed by atoms with Crippen LogP contribution in [-0.2, 0) is 11.2 Å². The third-order valence-electron chi connectivity index (χ3n) is 3.39. The van der Waals surface area contributed by atoms with E-state index in [-0.39, 0.29) is 5.91 Å². The number of hydrogen-bond acceptors (Lipinski definition) is 1. The first-order valence-corrected chi connectivity index (χ1v) is 7.80. The average molecular weight is 334 g/mol. The normalized spacial score (nSPS) is 10.9. The van der Waals surface area contributed by atoms with Crippen molar-refractivity contribution in [3.05, 3.63) is 69.2 Å². The van der Waals surface area contributed by atoms with Crippen LogP contribution in [0.4, 0.5) is 5.69 Å². The number of amides is 1. The van der Waals surface area contributed by atoms with Gasteiger partial charge in [-0.15, -0.1) is 0 Å². The number of aryl methyl sites for hydroxylation is 2. The lowest BCUT2D eigenvalue weighted by molar-refractivity contribution is -0.111. The Labute approximate surface area is 140 Å². The highest BCUT2D eigenvalue weighted by molar-refractivity contribution is 6.37. The minimum absolute atomic E-state index is 0.208. The largest absolute Gasteiger partial charge is 0.322 e. The molecule has 0 saturated heterocycles. The van der Waals surface area contributed by atoms with Crippen LogP contribution in [0.15, 0.2) is 42.5 Å². The summed E-state index contributed by atoms with van der Waals surface area (Å²) in [5, 5.41) is 3.96. The predicted octanol–water partition coefficient (Wildman–Crippen LogP) is 5.52. The molecule has 0 saturated carbocycles. The van der Waals surface area contributed by atoms with E-state index in [9.17, 15) is 4.79 Å². The molecule has 0 aliphatic carbocycles. The Morgan fingerprint density at radius 2 is 1.77 bits per heavy atom. The SMILES string of the molecule is CCc1cccc(C)c1NC(=O)/C=C/c1c(Cl)cccc1Cl. The number of benzene rings is 2. The maximum absolute atomic E-state index is 12.1. The molecule has 2 rings (SSSR count). The molecular weight excluding hydrogens is 317 g/mol. The van der Waals surface area contributed by atoms with Gasteiger partial charge in [-0.1, -0.05) is 54.4 Å². The molecule has 2 aromatic carbocycles. The van der Waals surface area contributed by atoms with Gasteiger partial charge in [-0.2, -0.15) is 0 Å². The van der Waals surface area contributed by atoms with Gasteiger partial charge in [0.05, 0.1) is 0 Å². The summed E-state index contributed by atoms with van der Waals surface area (Å²) in [6, 6.07) is 11.2. The number of rotatable bonds is 4. The number of para-hydroxylation sites is 1. The van der Waals surface area contributed by atoms with Crippen molar-refractivity contribution in [3.8, 4) is 0 Å². The molecule has 2 aromatic rings. The van der Waals surface area contributed by atoms with E-state index in [4.69, 9.17) is 23.2 Å². The van der Waals surface area contributed by atoms with Crippen molar-refractivity contribution in [2.75, 3.05) is 5.32 Å². The number of carbonyl (C=O) groups excluding carboxylic acids is 1. The minimum Gasteiger partial charge on any atom is -0.322 e. The Bertz CT molecular complexity index is 703. The molecule has 0 radical (unpaired) electrons. The zero-order valence-electron chi connectivity index (χ0n) is 12.5. The van der Waals surface area contributed by atoms with E-state index >= 15 is 0 Å². The van der Waals surface area contributed by atoms with Gasteiger partial charge in [0, 0.05) is 27.4 Å². The van der Waals surface area contributed by atoms with Gasteiger partial charge in [-0.05, 0) is 42.7 Å². The molecule has 1 N–H and O–H groups in total. The van der Waals surface area contributed by atoms with Gasteiger partial charge in [-0.3, -0.25) is 4.79 Å². The fourth-order valence-electron chi connectivity index (χ4n) is 2.20. The zero-order valence-corrected chi connectivity index (χ0v) is 14.0. The van der Waals surface area contributed by atoms with Crippen molar-refractivity contribution in [1.29, 1.82) is 0 Å². The average Bonchev–Trinajstić information content (AvgIpc) is 2.49. The van der Waals surface area contributed by atoms with Gasteiger partial charge in [0.25, 0.3) is 0 Å². The maximum Gasteiger partial charge on any atom is 0.248 e. The van der Waals surface area contributed by atoms with E-state index in [0.29, 0.717) is 15.6 Å². The van der Waals surface area contributed by atoms with Crippen molar-refractivity contribution in [2.24, 2.45) is 0 Å². The Morgan fingerprint density at radius 1 is 1.14 bits per heavy atom.